The summed E-state index contributed by atoms with van der Waals surface area (Å²) in [4.78, 5) is 12.6. The van der Waals surface area contributed by atoms with Gasteiger partial charge >= 0.3 is 0 Å². The van der Waals surface area contributed by atoms with Crippen LogP contribution in [0.4, 0.5) is 4.39 Å². The Kier molecular flexibility index (Phi) is 3.83. The highest BCUT2D eigenvalue weighted by atomic mass is 19.1. The average molecular weight is 209 g/mol. The van der Waals surface area contributed by atoms with E-state index in [-0.39, 0.29) is 17.6 Å². The molecule has 2 nitrogen and oxygen atoms in total. The Labute approximate surface area is 89.7 Å². The van der Waals surface area contributed by atoms with Crippen molar-refractivity contribution in [3.8, 4) is 0 Å². The van der Waals surface area contributed by atoms with Crippen LogP contribution in [-0.4, -0.2) is 24.4 Å². The number of benzene rings is 1. The largest absolute Gasteiger partial charge is 0.345 e. The maximum atomic E-state index is 13.4. The van der Waals surface area contributed by atoms with Crippen molar-refractivity contribution >= 4 is 5.91 Å². The standard InChI is InChI=1S/C12H16FNO/c1-9(8-14(3)10(2)15)11-6-4-5-7-12(11)13/h4-7,9H,8H2,1-3H3. The van der Waals surface area contributed by atoms with Gasteiger partial charge in [-0.1, -0.05) is 25.1 Å². The summed E-state index contributed by atoms with van der Waals surface area (Å²) >= 11 is 0. The lowest BCUT2D eigenvalue weighted by Gasteiger charge is -2.20. The van der Waals surface area contributed by atoms with Crippen LogP contribution >= 0.6 is 0 Å². The molecule has 1 rings (SSSR count). The zero-order chi connectivity index (χ0) is 11.4. The van der Waals surface area contributed by atoms with Crippen LogP contribution in [0.15, 0.2) is 24.3 Å². The summed E-state index contributed by atoms with van der Waals surface area (Å²) in [7, 11) is 1.72. The lowest BCUT2D eigenvalue weighted by atomic mass is 10.0. The van der Waals surface area contributed by atoms with Gasteiger partial charge in [0.05, 0.1) is 0 Å². The zero-order valence-electron chi connectivity index (χ0n) is 9.33. The first kappa shape index (κ1) is 11.7. The van der Waals surface area contributed by atoms with Crippen LogP contribution in [-0.2, 0) is 4.79 Å². The number of carbonyl (C=O) groups excluding carboxylic acids is 1. The summed E-state index contributed by atoms with van der Waals surface area (Å²) in [6, 6.07) is 6.68. The SMILES string of the molecule is CC(=O)N(C)CC(C)c1ccccc1F. The van der Waals surface area contributed by atoms with E-state index in [0.717, 1.165) is 0 Å². The zero-order valence-corrected chi connectivity index (χ0v) is 9.33. The van der Waals surface area contributed by atoms with E-state index in [9.17, 15) is 9.18 Å². The fourth-order valence-electron chi connectivity index (χ4n) is 1.51. The first-order valence-electron chi connectivity index (χ1n) is 4.98. The van der Waals surface area contributed by atoms with E-state index >= 15 is 0 Å². The van der Waals surface area contributed by atoms with E-state index in [2.05, 4.69) is 0 Å². The topological polar surface area (TPSA) is 20.3 Å². The van der Waals surface area contributed by atoms with Crippen molar-refractivity contribution in [1.29, 1.82) is 0 Å². The van der Waals surface area contributed by atoms with Crippen LogP contribution < -0.4 is 0 Å². The third-order valence-corrected chi connectivity index (χ3v) is 2.52. The molecule has 0 radical (unpaired) electrons. The molecule has 1 amide bonds. The molecule has 1 unspecified atom stereocenters. The summed E-state index contributed by atoms with van der Waals surface area (Å²) in [5.74, 6) is -0.194. The molecule has 0 bridgehead atoms. The van der Waals surface area contributed by atoms with Crippen molar-refractivity contribution in [2.75, 3.05) is 13.6 Å². The van der Waals surface area contributed by atoms with Gasteiger partial charge in [-0.2, -0.15) is 0 Å². The Hall–Kier alpha value is -1.38. The molecule has 1 aromatic rings. The molecule has 15 heavy (non-hydrogen) atoms. The first-order valence-corrected chi connectivity index (χ1v) is 4.98. The van der Waals surface area contributed by atoms with E-state index in [1.807, 2.05) is 13.0 Å². The van der Waals surface area contributed by atoms with E-state index in [1.165, 1.54) is 13.0 Å². The number of nitrogens with zero attached hydrogens (tertiary/aromatic N) is 1. The lowest BCUT2D eigenvalue weighted by molar-refractivity contribution is -0.127. The van der Waals surface area contributed by atoms with Crippen LogP contribution in [0, 0.1) is 5.82 Å². The molecule has 0 aliphatic carbocycles. The Morgan fingerprint density at radius 2 is 2.07 bits per heavy atom. The number of halogens is 1. The molecule has 0 saturated carbocycles. The van der Waals surface area contributed by atoms with Crippen LogP contribution in [0.25, 0.3) is 0 Å². The highest BCUT2D eigenvalue weighted by molar-refractivity contribution is 5.72. The fraction of sp³-hybridized carbons (Fsp3) is 0.417. The summed E-state index contributed by atoms with van der Waals surface area (Å²) in [6.07, 6.45) is 0. The first-order chi connectivity index (χ1) is 7.02. The monoisotopic (exact) mass is 209 g/mol. The summed E-state index contributed by atoms with van der Waals surface area (Å²) in [6.45, 7) is 3.96. The van der Waals surface area contributed by atoms with Gasteiger partial charge in [0, 0.05) is 26.4 Å². The maximum absolute atomic E-state index is 13.4. The van der Waals surface area contributed by atoms with Crippen molar-refractivity contribution in [3.63, 3.8) is 0 Å². The van der Waals surface area contributed by atoms with Gasteiger partial charge < -0.3 is 4.90 Å². The Bertz CT molecular complexity index is 351. The molecule has 0 fully saturated rings. The number of hydrogen-bond acceptors (Lipinski definition) is 1. The molecule has 0 aromatic heterocycles. The van der Waals surface area contributed by atoms with Gasteiger partial charge in [-0.25, -0.2) is 4.39 Å². The number of rotatable bonds is 3. The summed E-state index contributed by atoms with van der Waals surface area (Å²) < 4.78 is 13.4. The molecule has 3 heteroatoms. The van der Waals surface area contributed by atoms with Gasteiger partial charge in [0.25, 0.3) is 0 Å². The van der Waals surface area contributed by atoms with Gasteiger partial charge in [0.2, 0.25) is 5.91 Å². The van der Waals surface area contributed by atoms with Gasteiger partial charge in [-0.3, -0.25) is 4.79 Å². The minimum Gasteiger partial charge on any atom is -0.345 e. The molecule has 82 valence electrons. The van der Waals surface area contributed by atoms with Crippen LogP contribution in [0.2, 0.25) is 0 Å². The number of carbonyl (C=O) groups is 1. The molecule has 0 aliphatic heterocycles. The number of likely N-dealkylation sites (N-methyl/N-ethyl adjacent to an activating group) is 1. The lowest BCUT2D eigenvalue weighted by Crippen LogP contribution is -2.28. The van der Waals surface area contributed by atoms with Gasteiger partial charge in [0.1, 0.15) is 5.82 Å². The third kappa shape index (κ3) is 3.05. The summed E-state index contributed by atoms with van der Waals surface area (Å²) in [5.41, 5.74) is 0.658. The van der Waals surface area contributed by atoms with E-state index in [1.54, 1.807) is 24.1 Å². The molecule has 1 atom stereocenters. The second-order valence-corrected chi connectivity index (χ2v) is 3.82. The fourth-order valence-corrected chi connectivity index (χ4v) is 1.51. The summed E-state index contributed by atoms with van der Waals surface area (Å²) in [5, 5.41) is 0. The number of hydrogen-bond donors (Lipinski definition) is 0. The van der Waals surface area contributed by atoms with Gasteiger partial charge in [-0.15, -0.1) is 0 Å². The second kappa shape index (κ2) is 4.91. The van der Waals surface area contributed by atoms with Crippen LogP contribution in [0.1, 0.15) is 25.3 Å². The molecule has 0 heterocycles. The van der Waals surface area contributed by atoms with Crippen molar-refractivity contribution in [1.82, 2.24) is 4.90 Å². The van der Waals surface area contributed by atoms with E-state index in [0.29, 0.717) is 12.1 Å². The Morgan fingerprint density at radius 1 is 1.47 bits per heavy atom. The Balaban J connectivity index is 2.73. The maximum Gasteiger partial charge on any atom is 0.219 e. The van der Waals surface area contributed by atoms with Crippen molar-refractivity contribution in [2.45, 2.75) is 19.8 Å². The number of amides is 1. The molecular weight excluding hydrogens is 193 g/mol. The quantitative estimate of drug-likeness (QED) is 0.748. The Morgan fingerprint density at radius 3 is 2.60 bits per heavy atom. The molecule has 0 N–H and O–H groups in total. The third-order valence-electron chi connectivity index (χ3n) is 2.52. The molecular formula is C12H16FNO. The smallest absolute Gasteiger partial charge is 0.219 e. The highest BCUT2D eigenvalue weighted by Gasteiger charge is 2.13. The average Bonchev–Trinajstić information content (AvgIpc) is 2.18. The minimum atomic E-state index is -0.207. The second-order valence-electron chi connectivity index (χ2n) is 3.82. The van der Waals surface area contributed by atoms with Crippen molar-refractivity contribution < 1.29 is 9.18 Å². The van der Waals surface area contributed by atoms with Crippen LogP contribution in [0.5, 0.6) is 0 Å². The predicted molar refractivity (Wildman–Crippen MR) is 58.1 cm³/mol. The molecule has 1 aromatic carbocycles. The van der Waals surface area contributed by atoms with Crippen molar-refractivity contribution in [2.24, 2.45) is 0 Å². The minimum absolute atomic E-state index is 0.00168. The van der Waals surface area contributed by atoms with Gasteiger partial charge in [-0.05, 0) is 11.6 Å². The van der Waals surface area contributed by atoms with Crippen molar-refractivity contribution in [3.05, 3.63) is 35.6 Å². The van der Waals surface area contributed by atoms with Crippen LogP contribution in [0.3, 0.4) is 0 Å². The predicted octanol–water partition coefficient (Wildman–Crippen LogP) is 2.41. The normalized spacial score (nSPS) is 12.3. The molecule has 0 spiro atoms. The van der Waals surface area contributed by atoms with E-state index in [4.69, 9.17) is 0 Å². The molecule has 0 aliphatic rings. The highest BCUT2D eigenvalue weighted by Crippen LogP contribution is 2.19. The van der Waals surface area contributed by atoms with E-state index < -0.39 is 0 Å². The van der Waals surface area contributed by atoms with Gasteiger partial charge in [0.15, 0.2) is 0 Å². The molecule has 0 saturated heterocycles.